The monoisotopic (exact) mass is 313 g/mol. The number of hydrogen-bond acceptors (Lipinski definition) is 4. The molecule has 1 aliphatic carbocycles. The largest absolute Gasteiger partial charge is 0.491 e. The molecule has 1 unspecified atom stereocenters. The van der Waals surface area contributed by atoms with E-state index < -0.39 is 21.5 Å². The molecule has 1 aromatic rings. The third-order valence-electron chi connectivity index (χ3n) is 3.66. The fourth-order valence-electron chi connectivity index (χ4n) is 2.45. The average molecular weight is 313 g/mol. The van der Waals surface area contributed by atoms with Gasteiger partial charge in [0.25, 0.3) is 0 Å². The van der Waals surface area contributed by atoms with E-state index >= 15 is 0 Å². The number of amides is 1. The minimum absolute atomic E-state index is 0.258. The SMILES string of the molecule is O=C(CS(=O)(=O)C1CC1)NC1COc2ccc(F)cc2C1. The van der Waals surface area contributed by atoms with E-state index in [-0.39, 0.29) is 23.7 Å². The van der Waals surface area contributed by atoms with Crippen molar-refractivity contribution < 1.29 is 22.3 Å². The van der Waals surface area contributed by atoms with Gasteiger partial charge in [0.15, 0.2) is 9.84 Å². The summed E-state index contributed by atoms with van der Waals surface area (Å²) in [7, 11) is -3.32. The van der Waals surface area contributed by atoms with Crippen molar-refractivity contribution in [1.29, 1.82) is 0 Å². The number of carbonyl (C=O) groups is 1. The van der Waals surface area contributed by atoms with Crippen LogP contribution in [0.25, 0.3) is 0 Å². The molecule has 0 radical (unpaired) electrons. The fourth-order valence-corrected chi connectivity index (χ4v) is 3.99. The maximum Gasteiger partial charge on any atom is 0.235 e. The van der Waals surface area contributed by atoms with Gasteiger partial charge in [-0.25, -0.2) is 12.8 Å². The second-order valence-electron chi connectivity index (χ2n) is 5.54. The van der Waals surface area contributed by atoms with Gasteiger partial charge in [0.2, 0.25) is 5.91 Å². The zero-order valence-electron chi connectivity index (χ0n) is 11.3. The van der Waals surface area contributed by atoms with E-state index in [0.29, 0.717) is 30.6 Å². The maximum absolute atomic E-state index is 13.2. The Bertz CT molecular complexity index is 670. The molecule has 7 heteroatoms. The maximum atomic E-state index is 13.2. The van der Waals surface area contributed by atoms with Crippen molar-refractivity contribution in [2.75, 3.05) is 12.4 Å². The van der Waals surface area contributed by atoms with Gasteiger partial charge in [-0.1, -0.05) is 0 Å². The molecule has 1 fully saturated rings. The van der Waals surface area contributed by atoms with Crippen LogP contribution in [0.3, 0.4) is 0 Å². The third-order valence-corrected chi connectivity index (χ3v) is 5.81. The first-order chi connectivity index (χ1) is 9.94. The molecular weight excluding hydrogens is 297 g/mol. The lowest BCUT2D eigenvalue weighted by Crippen LogP contribution is -2.45. The molecule has 3 rings (SSSR count). The van der Waals surface area contributed by atoms with Gasteiger partial charge in [0.1, 0.15) is 23.9 Å². The first-order valence-corrected chi connectivity index (χ1v) is 8.58. The van der Waals surface area contributed by atoms with Crippen LogP contribution in [0.15, 0.2) is 18.2 Å². The van der Waals surface area contributed by atoms with E-state index in [9.17, 15) is 17.6 Å². The lowest BCUT2D eigenvalue weighted by molar-refractivity contribution is -0.119. The van der Waals surface area contributed by atoms with Crippen LogP contribution in [0.5, 0.6) is 5.75 Å². The number of fused-ring (bicyclic) bond motifs is 1. The van der Waals surface area contributed by atoms with Crippen LogP contribution in [0.4, 0.5) is 4.39 Å². The second kappa shape index (κ2) is 5.29. The highest BCUT2D eigenvalue weighted by molar-refractivity contribution is 7.93. The van der Waals surface area contributed by atoms with Gasteiger partial charge in [-0.3, -0.25) is 4.79 Å². The number of sulfone groups is 1. The first kappa shape index (κ1) is 14.3. The van der Waals surface area contributed by atoms with E-state index in [2.05, 4.69) is 5.32 Å². The number of rotatable bonds is 4. The molecule has 0 saturated heterocycles. The van der Waals surface area contributed by atoms with E-state index in [4.69, 9.17) is 4.74 Å². The van der Waals surface area contributed by atoms with Crippen LogP contribution in [0.1, 0.15) is 18.4 Å². The topological polar surface area (TPSA) is 72.5 Å². The Kier molecular flexibility index (Phi) is 3.61. The number of hydrogen-bond donors (Lipinski definition) is 1. The highest BCUT2D eigenvalue weighted by atomic mass is 32.2. The standard InChI is InChI=1S/C14H16FNO4S/c15-10-1-4-13-9(5-10)6-11(7-20-13)16-14(17)8-21(18,19)12-2-3-12/h1,4-5,11-12H,2-3,6-8H2,(H,16,17). The van der Waals surface area contributed by atoms with Gasteiger partial charge in [-0.05, 0) is 43.0 Å². The Morgan fingerprint density at radius 1 is 1.38 bits per heavy atom. The van der Waals surface area contributed by atoms with Crippen LogP contribution in [0, 0.1) is 5.82 Å². The van der Waals surface area contributed by atoms with Gasteiger partial charge < -0.3 is 10.1 Å². The molecule has 1 heterocycles. The summed E-state index contributed by atoms with van der Waals surface area (Å²) in [4.78, 5) is 11.8. The third kappa shape index (κ3) is 3.34. The normalized spacial score (nSPS) is 21.3. The molecule has 114 valence electrons. The van der Waals surface area contributed by atoms with Gasteiger partial charge in [0.05, 0.1) is 11.3 Å². The summed E-state index contributed by atoms with van der Waals surface area (Å²) in [6.45, 7) is 0.258. The number of benzene rings is 1. The molecule has 0 bridgehead atoms. The summed E-state index contributed by atoms with van der Waals surface area (Å²) in [6.07, 6.45) is 1.73. The molecule has 5 nitrogen and oxygen atoms in total. The second-order valence-corrected chi connectivity index (χ2v) is 7.82. The highest BCUT2D eigenvalue weighted by Crippen LogP contribution is 2.29. The Hall–Kier alpha value is -1.63. The average Bonchev–Trinajstić information content (AvgIpc) is 3.21. The van der Waals surface area contributed by atoms with E-state index in [1.807, 2.05) is 0 Å². The summed E-state index contributed by atoms with van der Waals surface area (Å²) in [5.74, 6) is -0.757. The van der Waals surface area contributed by atoms with Crippen LogP contribution in [-0.2, 0) is 21.1 Å². The predicted molar refractivity (Wildman–Crippen MR) is 74.3 cm³/mol. The van der Waals surface area contributed by atoms with E-state index in [1.54, 1.807) is 6.07 Å². The van der Waals surface area contributed by atoms with Gasteiger partial charge in [0, 0.05) is 0 Å². The molecule has 1 N–H and O–H groups in total. The van der Waals surface area contributed by atoms with Crippen molar-refractivity contribution in [3.05, 3.63) is 29.6 Å². The van der Waals surface area contributed by atoms with Crippen LogP contribution in [-0.4, -0.2) is 38.0 Å². The van der Waals surface area contributed by atoms with Crippen molar-refractivity contribution >= 4 is 15.7 Å². The lowest BCUT2D eigenvalue weighted by atomic mass is 10.0. The number of halogens is 1. The van der Waals surface area contributed by atoms with Crippen molar-refractivity contribution in [1.82, 2.24) is 5.32 Å². The smallest absolute Gasteiger partial charge is 0.235 e. The van der Waals surface area contributed by atoms with Gasteiger partial charge in [-0.15, -0.1) is 0 Å². The number of carbonyl (C=O) groups excluding carboxylic acids is 1. The molecule has 2 aliphatic rings. The Balaban J connectivity index is 1.60. The van der Waals surface area contributed by atoms with E-state index in [0.717, 1.165) is 0 Å². The van der Waals surface area contributed by atoms with Crippen molar-refractivity contribution in [2.24, 2.45) is 0 Å². The van der Waals surface area contributed by atoms with Gasteiger partial charge >= 0.3 is 0 Å². The molecule has 21 heavy (non-hydrogen) atoms. The molecule has 1 aromatic carbocycles. The summed E-state index contributed by atoms with van der Waals surface area (Å²) in [5.41, 5.74) is 0.677. The van der Waals surface area contributed by atoms with Crippen LogP contribution >= 0.6 is 0 Å². The Labute approximate surface area is 122 Å². The van der Waals surface area contributed by atoms with Crippen molar-refractivity contribution in [2.45, 2.75) is 30.6 Å². The zero-order chi connectivity index (χ0) is 15.0. The van der Waals surface area contributed by atoms with Gasteiger partial charge in [-0.2, -0.15) is 0 Å². The number of nitrogens with one attached hydrogen (secondary N) is 1. The lowest BCUT2D eigenvalue weighted by Gasteiger charge is -2.26. The first-order valence-electron chi connectivity index (χ1n) is 6.86. The molecular formula is C14H16FNO4S. The minimum Gasteiger partial charge on any atom is -0.491 e. The highest BCUT2D eigenvalue weighted by Gasteiger charge is 2.37. The Morgan fingerprint density at radius 3 is 2.86 bits per heavy atom. The van der Waals surface area contributed by atoms with Crippen molar-refractivity contribution in [3.8, 4) is 5.75 Å². The molecule has 0 spiro atoms. The zero-order valence-corrected chi connectivity index (χ0v) is 12.2. The van der Waals surface area contributed by atoms with Crippen LogP contribution in [0.2, 0.25) is 0 Å². The quantitative estimate of drug-likeness (QED) is 0.893. The van der Waals surface area contributed by atoms with Crippen molar-refractivity contribution in [3.63, 3.8) is 0 Å². The molecule has 1 saturated carbocycles. The Morgan fingerprint density at radius 2 is 2.14 bits per heavy atom. The summed E-state index contributed by atoms with van der Waals surface area (Å²) >= 11 is 0. The molecule has 1 aliphatic heterocycles. The molecule has 1 atom stereocenters. The molecule has 1 amide bonds. The van der Waals surface area contributed by atoms with Crippen LogP contribution < -0.4 is 10.1 Å². The number of ether oxygens (including phenoxy) is 1. The molecule has 0 aromatic heterocycles. The summed E-state index contributed by atoms with van der Waals surface area (Å²) < 4.78 is 42.1. The summed E-state index contributed by atoms with van der Waals surface area (Å²) in [6, 6.07) is 3.91. The fraction of sp³-hybridized carbons (Fsp3) is 0.500. The summed E-state index contributed by atoms with van der Waals surface area (Å²) in [5, 5.41) is 2.31. The predicted octanol–water partition coefficient (Wildman–Crippen LogP) is 0.823. The van der Waals surface area contributed by atoms with E-state index in [1.165, 1.54) is 12.1 Å². The minimum atomic E-state index is -3.32.